The van der Waals surface area contributed by atoms with Gasteiger partial charge in [-0.25, -0.2) is 14.6 Å². The first-order valence-electron chi connectivity index (χ1n) is 7.98. The lowest BCUT2D eigenvalue weighted by molar-refractivity contribution is 0.802. The molecule has 3 aromatic heterocycles. The molecule has 0 aliphatic carbocycles. The second-order valence-electron chi connectivity index (χ2n) is 5.49. The molecule has 0 fully saturated rings. The molecule has 0 aliphatic rings. The fourth-order valence-electron chi connectivity index (χ4n) is 2.41. The number of nitrogens with zero attached hydrogens (tertiary/aromatic N) is 5. The molecule has 25 heavy (non-hydrogen) atoms. The quantitative estimate of drug-likeness (QED) is 0.542. The summed E-state index contributed by atoms with van der Waals surface area (Å²) < 4.78 is 1.74. The van der Waals surface area contributed by atoms with Crippen molar-refractivity contribution in [3.8, 4) is 5.82 Å². The minimum atomic E-state index is 0.650. The Kier molecular flexibility index (Phi) is 5.39. The van der Waals surface area contributed by atoms with Crippen LogP contribution in [0, 0.1) is 13.8 Å². The highest BCUT2D eigenvalue weighted by Gasteiger charge is 2.06. The minimum Gasteiger partial charge on any atom is -0.352 e. The Bertz CT molecular complexity index is 852. The molecule has 0 radical (unpaired) electrons. The van der Waals surface area contributed by atoms with Crippen molar-refractivity contribution in [3.05, 3.63) is 57.9 Å². The van der Waals surface area contributed by atoms with Gasteiger partial charge in [-0.05, 0) is 37.6 Å². The van der Waals surface area contributed by atoms with Crippen LogP contribution >= 0.6 is 11.3 Å². The van der Waals surface area contributed by atoms with Crippen molar-refractivity contribution in [2.45, 2.75) is 26.9 Å². The van der Waals surface area contributed by atoms with Gasteiger partial charge in [-0.15, -0.1) is 11.3 Å². The van der Waals surface area contributed by atoms with E-state index in [1.165, 1.54) is 4.88 Å². The van der Waals surface area contributed by atoms with Crippen LogP contribution in [0.1, 0.15) is 21.1 Å². The van der Waals surface area contributed by atoms with E-state index in [0.717, 1.165) is 28.0 Å². The number of aliphatic imine (C=N–C) groups is 1. The van der Waals surface area contributed by atoms with Crippen LogP contribution in [-0.2, 0) is 13.1 Å². The van der Waals surface area contributed by atoms with Crippen LogP contribution in [-0.4, -0.2) is 32.8 Å². The number of nitrogens with one attached hydrogen (secondary N) is 2. The molecule has 8 heteroatoms. The normalized spacial score (nSPS) is 11.6. The van der Waals surface area contributed by atoms with E-state index in [-0.39, 0.29) is 0 Å². The van der Waals surface area contributed by atoms with Crippen molar-refractivity contribution in [3.63, 3.8) is 0 Å². The molecule has 3 aromatic rings. The van der Waals surface area contributed by atoms with Crippen molar-refractivity contribution in [1.82, 2.24) is 30.4 Å². The lowest BCUT2D eigenvalue weighted by atomic mass is 10.2. The van der Waals surface area contributed by atoms with Crippen LogP contribution in [0.3, 0.4) is 0 Å². The van der Waals surface area contributed by atoms with Crippen LogP contribution in [0.15, 0.2) is 41.8 Å². The highest BCUT2D eigenvalue weighted by Crippen LogP contribution is 2.16. The third-order valence-electron chi connectivity index (χ3n) is 3.65. The molecule has 0 saturated heterocycles. The Hall–Kier alpha value is -2.74. The molecular formula is C17H21N7S. The third-order valence-corrected chi connectivity index (χ3v) is 4.72. The number of pyridine rings is 1. The van der Waals surface area contributed by atoms with Crippen LogP contribution in [0.4, 0.5) is 0 Å². The molecular weight excluding hydrogens is 334 g/mol. The summed E-state index contributed by atoms with van der Waals surface area (Å²) >= 11 is 1.71. The summed E-state index contributed by atoms with van der Waals surface area (Å²) in [5.74, 6) is 1.55. The Morgan fingerprint density at radius 3 is 2.76 bits per heavy atom. The molecule has 2 N–H and O–H groups in total. The van der Waals surface area contributed by atoms with E-state index in [0.29, 0.717) is 13.1 Å². The summed E-state index contributed by atoms with van der Waals surface area (Å²) in [6.45, 7) is 5.42. The molecule has 0 amide bonds. The monoisotopic (exact) mass is 355 g/mol. The first kappa shape index (κ1) is 17.1. The Labute approximate surface area is 150 Å². The highest BCUT2D eigenvalue weighted by molar-refractivity contribution is 7.11. The largest absolute Gasteiger partial charge is 0.352 e. The second-order valence-corrected chi connectivity index (χ2v) is 6.78. The standard InChI is InChI=1S/C17H21N7S/c1-12-15(25-13(2)23-12)11-21-17(18-3)20-10-14-5-7-19-16(9-14)24-8-4-6-22-24/h4-9H,10-11H2,1-3H3,(H2,18,20,21). The van der Waals surface area contributed by atoms with Gasteiger partial charge in [-0.1, -0.05) is 0 Å². The predicted molar refractivity (Wildman–Crippen MR) is 100.0 cm³/mol. The van der Waals surface area contributed by atoms with Crippen molar-refractivity contribution < 1.29 is 0 Å². The summed E-state index contributed by atoms with van der Waals surface area (Å²) in [5, 5.41) is 11.9. The van der Waals surface area contributed by atoms with Crippen molar-refractivity contribution in [2.24, 2.45) is 4.99 Å². The molecule has 0 aromatic carbocycles. The predicted octanol–water partition coefficient (Wildman–Crippen LogP) is 2.21. The maximum atomic E-state index is 4.45. The van der Waals surface area contributed by atoms with Crippen molar-refractivity contribution >= 4 is 17.3 Å². The second kappa shape index (κ2) is 7.89. The van der Waals surface area contributed by atoms with Gasteiger partial charge < -0.3 is 10.6 Å². The first-order valence-corrected chi connectivity index (χ1v) is 8.79. The summed E-state index contributed by atoms with van der Waals surface area (Å²) in [7, 11) is 1.77. The number of guanidine groups is 1. The molecule has 0 unspecified atom stereocenters. The third kappa shape index (κ3) is 4.42. The van der Waals surface area contributed by atoms with Crippen LogP contribution in [0.5, 0.6) is 0 Å². The van der Waals surface area contributed by atoms with Gasteiger partial charge in [0, 0.05) is 37.1 Å². The number of hydrogen-bond acceptors (Lipinski definition) is 5. The molecule has 130 valence electrons. The lowest BCUT2D eigenvalue weighted by Crippen LogP contribution is -2.36. The summed E-state index contributed by atoms with van der Waals surface area (Å²) in [5.41, 5.74) is 2.18. The zero-order valence-electron chi connectivity index (χ0n) is 14.5. The molecule has 0 atom stereocenters. The van der Waals surface area contributed by atoms with Crippen molar-refractivity contribution in [1.29, 1.82) is 0 Å². The summed E-state index contributed by atoms with van der Waals surface area (Å²) in [6, 6.07) is 5.86. The maximum absolute atomic E-state index is 4.45. The number of hydrogen-bond donors (Lipinski definition) is 2. The minimum absolute atomic E-state index is 0.650. The van der Waals surface area contributed by atoms with E-state index < -0.39 is 0 Å². The smallest absolute Gasteiger partial charge is 0.191 e. The van der Waals surface area contributed by atoms with Gasteiger partial charge in [0.1, 0.15) is 0 Å². The van der Waals surface area contributed by atoms with Gasteiger partial charge in [0.25, 0.3) is 0 Å². The average molecular weight is 355 g/mol. The van der Waals surface area contributed by atoms with Gasteiger partial charge in [-0.3, -0.25) is 4.99 Å². The van der Waals surface area contributed by atoms with Gasteiger partial charge in [0.05, 0.1) is 17.2 Å². The zero-order chi connectivity index (χ0) is 17.6. The molecule has 0 saturated carbocycles. The fourth-order valence-corrected chi connectivity index (χ4v) is 3.28. The SMILES string of the molecule is CN=C(NCc1ccnc(-n2cccn2)c1)NCc1sc(C)nc1C. The summed E-state index contributed by atoms with van der Waals surface area (Å²) in [6.07, 6.45) is 5.40. The maximum Gasteiger partial charge on any atom is 0.191 e. The molecule has 3 rings (SSSR count). The van der Waals surface area contributed by atoms with E-state index in [1.54, 1.807) is 35.5 Å². The zero-order valence-corrected chi connectivity index (χ0v) is 15.3. The fraction of sp³-hybridized carbons (Fsp3) is 0.294. The number of aryl methyl sites for hydroxylation is 2. The number of rotatable bonds is 5. The Balaban J connectivity index is 1.58. The molecule has 0 spiro atoms. The molecule has 3 heterocycles. The van der Waals surface area contributed by atoms with Gasteiger partial charge >= 0.3 is 0 Å². The average Bonchev–Trinajstić information content (AvgIpc) is 3.25. The number of aromatic nitrogens is 4. The van der Waals surface area contributed by atoms with Gasteiger partial charge in [0.15, 0.2) is 11.8 Å². The van der Waals surface area contributed by atoms with E-state index in [4.69, 9.17) is 0 Å². The van der Waals surface area contributed by atoms with E-state index >= 15 is 0 Å². The lowest BCUT2D eigenvalue weighted by Gasteiger charge is -2.12. The van der Waals surface area contributed by atoms with Crippen LogP contribution < -0.4 is 10.6 Å². The highest BCUT2D eigenvalue weighted by atomic mass is 32.1. The van der Waals surface area contributed by atoms with Crippen LogP contribution in [0.25, 0.3) is 5.82 Å². The Morgan fingerprint density at radius 2 is 2.08 bits per heavy atom. The molecule has 0 aliphatic heterocycles. The topological polar surface area (TPSA) is 80.0 Å². The summed E-state index contributed by atoms with van der Waals surface area (Å²) in [4.78, 5) is 14.3. The van der Waals surface area contributed by atoms with E-state index in [1.807, 2.05) is 38.2 Å². The van der Waals surface area contributed by atoms with Gasteiger partial charge in [-0.2, -0.15) is 5.10 Å². The van der Waals surface area contributed by atoms with Crippen molar-refractivity contribution in [2.75, 3.05) is 7.05 Å². The van der Waals surface area contributed by atoms with E-state index in [9.17, 15) is 0 Å². The molecule has 7 nitrogen and oxygen atoms in total. The van der Waals surface area contributed by atoms with Crippen LogP contribution in [0.2, 0.25) is 0 Å². The number of thiazole rings is 1. The van der Waals surface area contributed by atoms with E-state index in [2.05, 4.69) is 30.7 Å². The molecule has 0 bridgehead atoms. The first-order chi connectivity index (χ1) is 12.2. The van der Waals surface area contributed by atoms with Gasteiger partial charge in [0.2, 0.25) is 0 Å². The Morgan fingerprint density at radius 1 is 1.24 bits per heavy atom.